The Kier molecular flexibility index (Phi) is 5.64. The summed E-state index contributed by atoms with van der Waals surface area (Å²) in [5.41, 5.74) is -0.774. The lowest BCUT2D eigenvalue weighted by Crippen LogP contribution is -2.34. The monoisotopic (exact) mass is 393 g/mol. The van der Waals surface area contributed by atoms with E-state index in [2.05, 4.69) is 11.7 Å². The van der Waals surface area contributed by atoms with Crippen LogP contribution in [-0.4, -0.2) is 39.8 Å². The van der Waals surface area contributed by atoms with Crippen molar-refractivity contribution in [1.29, 1.82) is 0 Å². The van der Waals surface area contributed by atoms with Crippen molar-refractivity contribution in [3.63, 3.8) is 0 Å². The van der Waals surface area contributed by atoms with E-state index < -0.39 is 23.9 Å². The van der Waals surface area contributed by atoms with E-state index in [4.69, 9.17) is 4.74 Å². The quantitative estimate of drug-likeness (QED) is 0.732. The number of benzene rings is 1. The number of amides is 1. The SMILES string of the molecule is C=CC(=O)N1C[C@@H](n2ncccc2=O)[C@H](OCc2cccc(C(F)(F)F)c2)C1. The number of rotatable bonds is 5. The molecule has 1 fully saturated rings. The number of hydrogen-bond acceptors (Lipinski definition) is 4. The highest BCUT2D eigenvalue weighted by Crippen LogP contribution is 2.30. The Hall–Kier alpha value is -2.94. The first-order chi connectivity index (χ1) is 13.3. The molecular weight excluding hydrogens is 375 g/mol. The summed E-state index contributed by atoms with van der Waals surface area (Å²) in [5.74, 6) is -0.320. The van der Waals surface area contributed by atoms with Crippen LogP contribution in [0, 0.1) is 0 Å². The maximum absolute atomic E-state index is 12.9. The smallest absolute Gasteiger partial charge is 0.369 e. The van der Waals surface area contributed by atoms with Crippen LogP contribution in [0.25, 0.3) is 0 Å². The predicted octanol–water partition coefficient (Wildman–Crippen LogP) is 2.42. The summed E-state index contributed by atoms with van der Waals surface area (Å²) in [7, 11) is 0. The van der Waals surface area contributed by atoms with Gasteiger partial charge in [0.1, 0.15) is 6.04 Å². The lowest BCUT2D eigenvalue weighted by Gasteiger charge is -2.20. The number of carbonyl (C=O) groups excluding carboxylic acids is 1. The molecule has 9 heteroatoms. The van der Waals surface area contributed by atoms with E-state index in [-0.39, 0.29) is 31.2 Å². The molecule has 0 bridgehead atoms. The second-order valence-electron chi connectivity index (χ2n) is 6.37. The Morgan fingerprint density at radius 1 is 1.29 bits per heavy atom. The number of likely N-dealkylation sites (tertiary alicyclic amines) is 1. The van der Waals surface area contributed by atoms with Crippen molar-refractivity contribution in [2.75, 3.05) is 13.1 Å². The molecule has 1 amide bonds. The molecule has 0 radical (unpaired) electrons. The summed E-state index contributed by atoms with van der Waals surface area (Å²) in [4.78, 5) is 25.6. The van der Waals surface area contributed by atoms with Crippen LogP contribution in [0.15, 0.2) is 60.0 Å². The summed E-state index contributed by atoms with van der Waals surface area (Å²) in [5, 5.41) is 4.04. The molecule has 1 aromatic carbocycles. The first kappa shape index (κ1) is 19.8. The third kappa shape index (κ3) is 4.30. The van der Waals surface area contributed by atoms with Crippen LogP contribution in [0.5, 0.6) is 0 Å². The fraction of sp³-hybridized carbons (Fsp3) is 0.316. The van der Waals surface area contributed by atoms with Gasteiger partial charge in [-0.15, -0.1) is 0 Å². The zero-order chi connectivity index (χ0) is 20.3. The number of carbonyl (C=O) groups is 1. The number of aromatic nitrogens is 2. The van der Waals surface area contributed by atoms with E-state index in [1.807, 2.05) is 0 Å². The molecule has 1 aromatic heterocycles. The molecule has 148 valence electrons. The number of hydrogen-bond donors (Lipinski definition) is 0. The summed E-state index contributed by atoms with van der Waals surface area (Å²) in [6, 6.07) is 7.13. The van der Waals surface area contributed by atoms with Gasteiger partial charge in [0.05, 0.1) is 18.3 Å². The van der Waals surface area contributed by atoms with Crippen molar-refractivity contribution in [2.45, 2.75) is 24.9 Å². The summed E-state index contributed by atoms with van der Waals surface area (Å²) in [6.45, 7) is 3.72. The number of alkyl halides is 3. The fourth-order valence-corrected chi connectivity index (χ4v) is 3.12. The maximum Gasteiger partial charge on any atom is 0.416 e. The molecule has 0 aliphatic carbocycles. The molecule has 0 spiro atoms. The standard InChI is InChI=1S/C19H18F3N3O3/c1-2-17(26)24-10-15(25-18(27)7-4-8-23-25)16(11-24)28-12-13-5-3-6-14(9-13)19(20,21)22/h2-9,15-16H,1,10-12H2/t15-,16-/m1/s1. The molecule has 1 aliphatic heterocycles. The minimum Gasteiger partial charge on any atom is -0.369 e. The molecule has 3 rings (SSSR count). The van der Waals surface area contributed by atoms with Gasteiger partial charge in [0.2, 0.25) is 5.91 Å². The highest BCUT2D eigenvalue weighted by Gasteiger charge is 2.38. The lowest BCUT2D eigenvalue weighted by atomic mass is 10.1. The van der Waals surface area contributed by atoms with Gasteiger partial charge >= 0.3 is 6.18 Å². The zero-order valence-corrected chi connectivity index (χ0v) is 14.8. The molecule has 2 aromatic rings. The molecule has 0 N–H and O–H groups in total. The van der Waals surface area contributed by atoms with Crippen LogP contribution >= 0.6 is 0 Å². The second-order valence-corrected chi connectivity index (χ2v) is 6.37. The molecule has 0 unspecified atom stereocenters. The van der Waals surface area contributed by atoms with Crippen LogP contribution in [0.1, 0.15) is 17.2 Å². The Labute approximate surface area is 158 Å². The van der Waals surface area contributed by atoms with Crippen LogP contribution in [0.2, 0.25) is 0 Å². The van der Waals surface area contributed by atoms with Crippen molar-refractivity contribution in [3.8, 4) is 0 Å². The Morgan fingerprint density at radius 2 is 2.07 bits per heavy atom. The zero-order valence-electron chi connectivity index (χ0n) is 14.8. The van der Waals surface area contributed by atoms with Crippen LogP contribution in [0.4, 0.5) is 13.2 Å². The van der Waals surface area contributed by atoms with Gasteiger partial charge in [-0.2, -0.15) is 18.3 Å². The Balaban J connectivity index is 1.80. The van der Waals surface area contributed by atoms with E-state index in [1.165, 1.54) is 40.0 Å². The van der Waals surface area contributed by atoms with Crippen molar-refractivity contribution >= 4 is 5.91 Å². The minimum atomic E-state index is -4.44. The topological polar surface area (TPSA) is 64.4 Å². The first-order valence-corrected chi connectivity index (χ1v) is 8.52. The van der Waals surface area contributed by atoms with Crippen molar-refractivity contribution < 1.29 is 22.7 Å². The highest BCUT2D eigenvalue weighted by atomic mass is 19.4. The molecule has 1 saturated heterocycles. The van der Waals surface area contributed by atoms with Crippen LogP contribution in [-0.2, 0) is 22.3 Å². The van der Waals surface area contributed by atoms with Crippen molar-refractivity contribution in [3.05, 3.63) is 76.7 Å². The lowest BCUT2D eigenvalue weighted by molar-refractivity contribution is -0.137. The fourth-order valence-electron chi connectivity index (χ4n) is 3.12. The van der Waals surface area contributed by atoms with Gasteiger partial charge in [0.15, 0.2) is 0 Å². The predicted molar refractivity (Wildman–Crippen MR) is 94.3 cm³/mol. The number of nitrogens with zero attached hydrogens (tertiary/aromatic N) is 3. The van der Waals surface area contributed by atoms with Crippen LogP contribution < -0.4 is 5.56 Å². The first-order valence-electron chi connectivity index (χ1n) is 8.52. The molecule has 1 aliphatic rings. The van der Waals surface area contributed by atoms with Gasteiger partial charge in [-0.3, -0.25) is 9.59 Å². The molecular formula is C19H18F3N3O3. The summed E-state index contributed by atoms with van der Waals surface area (Å²) in [6.07, 6.45) is -2.44. The van der Waals surface area contributed by atoms with E-state index in [0.29, 0.717) is 5.56 Å². The highest BCUT2D eigenvalue weighted by molar-refractivity contribution is 5.87. The minimum absolute atomic E-state index is 0.0945. The average molecular weight is 393 g/mol. The van der Waals surface area contributed by atoms with Gasteiger partial charge in [0, 0.05) is 25.4 Å². The van der Waals surface area contributed by atoms with Gasteiger partial charge in [0.25, 0.3) is 5.56 Å². The molecule has 28 heavy (non-hydrogen) atoms. The van der Waals surface area contributed by atoms with Gasteiger partial charge in [-0.05, 0) is 29.8 Å². The van der Waals surface area contributed by atoms with Gasteiger partial charge in [-0.1, -0.05) is 18.7 Å². The summed E-state index contributed by atoms with van der Waals surface area (Å²) < 4.78 is 45.7. The third-order valence-electron chi connectivity index (χ3n) is 4.50. The second kappa shape index (κ2) is 7.97. The van der Waals surface area contributed by atoms with Crippen LogP contribution in [0.3, 0.4) is 0 Å². The molecule has 0 saturated carbocycles. The van der Waals surface area contributed by atoms with Gasteiger partial charge in [-0.25, -0.2) is 4.68 Å². The van der Waals surface area contributed by atoms with E-state index in [9.17, 15) is 22.8 Å². The maximum atomic E-state index is 12.9. The molecule has 2 heterocycles. The van der Waals surface area contributed by atoms with Crippen molar-refractivity contribution in [1.82, 2.24) is 14.7 Å². The summed E-state index contributed by atoms with van der Waals surface area (Å²) >= 11 is 0. The average Bonchev–Trinajstić information content (AvgIpc) is 3.09. The number of halogens is 3. The molecule has 2 atom stereocenters. The molecule has 6 nitrogen and oxygen atoms in total. The Bertz CT molecular complexity index is 926. The van der Waals surface area contributed by atoms with E-state index in [1.54, 1.807) is 0 Å². The largest absolute Gasteiger partial charge is 0.416 e. The Morgan fingerprint density at radius 3 is 2.75 bits per heavy atom. The van der Waals surface area contributed by atoms with Crippen molar-refractivity contribution in [2.24, 2.45) is 0 Å². The normalized spacial score (nSPS) is 19.6. The number of ether oxygens (including phenoxy) is 1. The van der Waals surface area contributed by atoms with E-state index in [0.717, 1.165) is 18.2 Å². The third-order valence-corrected chi connectivity index (χ3v) is 4.50. The van der Waals surface area contributed by atoms with E-state index >= 15 is 0 Å². The van der Waals surface area contributed by atoms with Gasteiger partial charge < -0.3 is 9.64 Å².